The van der Waals surface area contributed by atoms with Crippen LogP contribution in [-0.2, 0) is 6.42 Å². The van der Waals surface area contributed by atoms with Crippen LogP contribution < -0.4 is 0 Å². The Balaban J connectivity index is 1.61. The quantitative estimate of drug-likeness (QED) is 0.651. The lowest BCUT2D eigenvalue weighted by Crippen LogP contribution is -2.14. The molecule has 1 fully saturated rings. The third kappa shape index (κ3) is 4.69. The van der Waals surface area contributed by atoms with Crippen LogP contribution in [0.1, 0.15) is 69.7 Å². The Hall–Kier alpha value is -2.21. The predicted molar refractivity (Wildman–Crippen MR) is 106 cm³/mol. The number of aryl methyl sites for hydroxylation is 1. The smallest absolute Gasteiger partial charge is 0.131 e. The lowest BCUT2D eigenvalue weighted by atomic mass is 9.82. The van der Waals surface area contributed by atoms with Gasteiger partial charge in [-0.05, 0) is 55.6 Å². The molecule has 0 amide bonds. The van der Waals surface area contributed by atoms with E-state index in [0.717, 1.165) is 49.4 Å². The fourth-order valence-corrected chi connectivity index (χ4v) is 3.66. The van der Waals surface area contributed by atoms with Crippen LogP contribution in [0.4, 0.5) is 0 Å². The summed E-state index contributed by atoms with van der Waals surface area (Å²) in [6.45, 7) is 4.58. The molecule has 1 aliphatic rings. The molecule has 1 unspecified atom stereocenters. The Morgan fingerprint density at radius 3 is 2.27 bits per heavy atom. The van der Waals surface area contributed by atoms with E-state index in [1.807, 2.05) is 12.4 Å². The largest absolute Gasteiger partial charge is 0.240 e. The normalized spacial score (nSPS) is 21.1. The van der Waals surface area contributed by atoms with Crippen LogP contribution >= 0.6 is 0 Å². The SMILES string of the molecule is CCC(C)CCc1ccc(-c2cnc(C3CCC(C#N)CC3)nc2)cc1. The van der Waals surface area contributed by atoms with Crippen LogP contribution in [0.5, 0.6) is 0 Å². The summed E-state index contributed by atoms with van der Waals surface area (Å²) in [5.41, 5.74) is 3.66. The van der Waals surface area contributed by atoms with Gasteiger partial charge in [-0.25, -0.2) is 9.97 Å². The number of aromatic nitrogens is 2. The first kappa shape index (κ1) is 18.6. The molecule has 3 heteroatoms. The Kier molecular flexibility index (Phi) is 6.39. The summed E-state index contributed by atoms with van der Waals surface area (Å²) in [4.78, 5) is 9.26. The monoisotopic (exact) mass is 347 g/mol. The van der Waals surface area contributed by atoms with Crippen molar-refractivity contribution in [1.29, 1.82) is 5.26 Å². The van der Waals surface area contributed by atoms with Crippen molar-refractivity contribution in [3.05, 3.63) is 48.0 Å². The van der Waals surface area contributed by atoms with Crippen LogP contribution in [0, 0.1) is 23.2 Å². The third-order valence-electron chi connectivity index (χ3n) is 5.86. The summed E-state index contributed by atoms with van der Waals surface area (Å²) in [6, 6.07) is 11.2. The molecule has 3 rings (SSSR count). The zero-order chi connectivity index (χ0) is 18.4. The van der Waals surface area contributed by atoms with Gasteiger partial charge in [-0.15, -0.1) is 0 Å². The van der Waals surface area contributed by atoms with Gasteiger partial charge in [-0.3, -0.25) is 0 Å². The van der Waals surface area contributed by atoms with E-state index in [-0.39, 0.29) is 5.92 Å². The second kappa shape index (κ2) is 8.94. The van der Waals surface area contributed by atoms with Gasteiger partial charge in [-0.1, -0.05) is 44.5 Å². The van der Waals surface area contributed by atoms with Gasteiger partial charge >= 0.3 is 0 Å². The molecule has 0 bridgehead atoms. The van der Waals surface area contributed by atoms with Crippen molar-refractivity contribution in [2.24, 2.45) is 11.8 Å². The van der Waals surface area contributed by atoms with Gasteiger partial charge in [0, 0.05) is 29.8 Å². The van der Waals surface area contributed by atoms with Crippen molar-refractivity contribution in [3.8, 4) is 17.2 Å². The lowest BCUT2D eigenvalue weighted by Gasteiger charge is -2.23. The highest BCUT2D eigenvalue weighted by Crippen LogP contribution is 2.34. The van der Waals surface area contributed by atoms with E-state index in [0.29, 0.717) is 5.92 Å². The van der Waals surface area contributed by atoms with E-state index in [4.69, 9.17) is 5.26 Å². The Bertz CT molecular complexity index is 720. The predicted octanol–water partition coefficient (Wildman–Crippen LogP) is 5.92. The summed E-state index contributed by atoms with van der Waals surface area (Å²) in [5, 5.41) is 9.02. The van der Waals surface area contributed by atoms with Crippen LogP contribution in [0.25, 0.3) is 11.1 Å². The maximum absolute atomic E-state index is 9.02. The van der Waals surface area contributed by atoms with Gasteiger partial charge in [0.1, 0.15) is 5.82 Å². The van der Waals surface area contributed by atoms with Gasteiger partial charge in [0.2, 0.25) is 0 Å². The number of nitriles is 1. The molecule has 1 saturated carbocycles. The molecular weight excluding hydrogens is 318 g/mol. The van der Waals surface area contributed by atoms with Gasteiger partial charge < -0.3 is 0 Å². The van der Waals surface area contributed by atoms with Crippen LogP contribution in [-0.4, -0.2) is 9.97 Å². The molecule has 3 nitrogen and oxygen atoms in total. The van der Waals surface area contributed by atoms with Crippen molar-refractivity contribution in [1.82, 2.24) is 9.97 Å². The topological polar surface area (TPSA) is 49.6 Å². The summed E-state index contributed by atoms with van der Waals surface area (Å²) >= 11 is 0. The summed E-state index contributed by atoms with van der Waals surface area (Å²) in [6.07, 6.45) is 11.6. The van der Waals surface area contributed by atoms with E-state index >= 15 is 0 Å². The molecule has 0 radical (unpaired) electrons. The number of nitrogens with zero attached hydrogens (tertiary/aromatic N) is 3. The molecule has 1 aromatic heterocycles. The molecule has 0 N–H and O–H groups in total. The van der Waals surface area contributed by atoms with Gasteiger partial charge in [-0.2, -0.15) is 5.26 Å². The molecule has 1 heterocycles. The molecular formula is C23H29N3. The van der Waals surface area contributed by atoms with E-state index in [9.17, 15) is 0 Å². The average Bonchev–Trinajstić information content (AvgIpc) is 2.72. The van der Waals surface area contributed by atoms with Crippen molar-refractivity contribution in [2.75, 3.05) is 0 Å². The molecule has 0 saturated heterocycles. The summed E-state index contributed by atoms with van der Waals surface area (Å²) in [7, 11) is 0. The zero-order valence-electron chi connectivity index (χ0n) is 16.0. The Labute approximate surface area is 157 Å². The molecule has 1 aliphatic carbocycles. The van der Waals surface area contributed by atoms with E-state index in [1.165, 1.54) is 24.0 Å². The number of benzene rings is 1. The summed E-state index contributed by atoms with van der Waals surface area (Å²) in [5.74, 6) is 2.37. The Morgan fingerprint density at radius 1 is 1.04 bits per heavy atom. The minimum absolute atomic E-state index is 0.226. The van der Waals surface area contributed by atoms with Crippen LogP contribution in [0.15, 0.2) is 36.7 Å². The van der Waals surface area contributed by atoms with Crippen LogP contribution in [0.2, 0.25) is 0 Å². The number of hydrogen-bond donors (Lipinski definition) is 0. The minimum atomic E-state index is 0.226. The molecule has 1 atom stereocenters. The van der Waals surface area contributed by atoms with Crippen molar-refractivity contribution in [3.63, 3.8) is 0 Å². The first-order valence-corrected chi connectivity index (χ1v) is 10.0. The molecule has 2 aromatic rings. The third-order valence-corrected chi connectivity index (χ3v) is 5.86. The van der Waals surface area contributed by atoms with E-state index < -0.39 is 0 Å². The van der Waals surface area contributed by atoms with Crippen LogP contribution in [0.3, 0.4) is 0 Å². The minimum Gasteiger partial charge on any atom is -0.240 e. The average molecular weight is 348 g/mol. The lowest BCUT2D eigenvalue weighted by molar-refractivity contribution is 0.372. The van der Waals surface area contributed by atoms with E-state index in [2.05, 4.69) is 54.2 Å². The second-order valence-corrected chi connectivity index (χ2v) is 7.76. The standard InChI is InChI=1S/C23H29N3/c1-3-17(2)4-5-18-6-10-20(11-7-18)22-15-25-23(26-16-22)21-12-8-19(14-24)9-13-21/h6-7,10-11,15-17,19,21H,3-5,8-9,12-13H2,1-2H3. The molecule has 0 aliphatic heterocycles. The fraction of sp³-hybridized carbons (Fsp3) is 0.522. The zero-order valence-corrected chi connectivity index (χ0v) is 16.0. The first-order chi connectivity index (χ1) is 12.7. The maximum atomic E-state index is 9.02. The van der Waals surface area contributed by atoms with Crippen molar-refractivity contribution < 1.29 is 0 Å². The van der Waals surface area contributed by atoms with Gasteiger partial charge in [0.05, 0.1) is 6.07 Å². The summed E-state index contributed by atoms with van der Waals surface area (Å²) < 4.78 is 0. The molecule has 1 aromatic carbocycles. The highest BCUT2D eigenvalue weighted by Gasteiger charge is 2.23. The highest BCUT2D eigenvalue weighted by molar-refractivity contribution is 5.61. The van der Waals surface area contributed by atoms with Crippen molar-refractivity contribution in [2.45, 2.75) is 64.7 Å². The fourth-order valence-electron chi connectivity index (χ4n) is 3.66. The van der Waals surface area contributed by atoms with Gasteiger partial charge in [0.25, 0.3) is 0 Å². The van der Waals surface area contributed by atoms with Crippen molar-refractivity contribution >= 4 is 0 Å². The first-order valence-electron chi connectivity index (χ1n) is 10.0. The highest BCUT2D eigenvalue weighted by atomic mass is 14.9. The number of rotatable bonds is 6. The Morgan fingerprint density at radius 2 is 1.69 bits per heavy atom. The van der Waals surface area contributed by atoms with Gasteiger partial charge in [0.15, 0.2) is 0 Å². The molecule has 0 spiro atoms. The maximum Gasteiger partial charge on any atom is 0.131 e. The second-order valence-electron chi connectivity index (χ2n) is 7.76. The molecule has 26 heavy (non-hydrogen) atoms. The van der Waals surface area contributed by atoms with E-state index in [1.54, 1.807) is 0 Å². The molecule has 136 valence electrons. The number of hydrogen-bond acceptors (Lipinski definition) is 3.